The zero-order chi connectivity index (χ0) is 20.2. The standard InChI is InChI=1S/C24H22ClNO3/c1-16-10-11-19(25)13-22(16)21-9-5-8-18-12-20(29-23(18)21)14-26-24(27)28-15-17-6-3-2-4-7-17/h2-11,13,20H,12,14-15H2,1H3,(H,26,27). The van der Waals surface area contributed by atoms with Gasteiger partial charge in [0, 0.05) is 17.0 Å². The second-order valence-corrected chi connectivity index (χ2v) is 7.58. The first-order valence-electron chi connectivity index (χ1n) is 9.60. The number of fused-ring (bicyclic) bond motifs is 1. The van der Waals surface area contributed by atoms with Gasteiger partial charge in [0.1, 0.15) is 18.5 Å². The molecule has 29 heavy (non-hydrogen) atoms. The molecule has 148 valence electrons. The van der Waals surface area contributed by atoms with Crippen molar-refractivity contribution in [2.75, 3.05) is 6.54 Å². The molecule has 0 saturated heterocycles. The van der Waals surface area contributed by atoms with Gasteiger partial charge in [-0.25, -0.2) is 4.79 Å². The van der Waals surface area contributed by atoms with Gasteiger partial charge in [-0.05, 0) is 41.3 Å². The molecular formula is C24H22ClNO3. The average molecular weight is 408 g/mol. The Morgan fingerprint density at radius 2 is 1.93 bits per heavy atom. The third-order valence-corrected chi connectivity index (χ3v) is 5.24. The van der Waals surface area contributed by atoms with Crippen molar-refractivity contribution in [1.29, 1.82) is 0 Å². The van der Waals surface area contributed by atoms with Crippen LogP contribution in [0.1, 0.15) is 16.7 Å². The smallest absolute Gasteiger partial charge is 0.407 e. The van der Waals surface area contributed by atoms with E-state index < -0.39 is 6.09 Å². The first-order valence-corrected chi connectivity index (χ1v) is 9.97. The Morgan fingerprint density at radius 1 is 1.10 bits per heavy atom. The van der Waals surface area contributed by atoms with E-state index in [4.69, 9.17) is 21.1 Å². The number of halogens is 1. The summed E-state index contributed by atoms with van der Waals surface area (Å²) in [6.07, 6.45) is 0.163. The van der Waals surface area contributed by atoms with E-state index in [2.05, 4.69) is 18.3 Å². The Bertz CT molecular complexity index is 1020. The van der Waals surface area contributed by atoms with Crippen molar-refractivity contribution in [3.05, 3.63) is 88.4 Å². The molecule has 0 spiro atoms. The molecular weight excluding hydrogens is 386 g/mol. The Kier molecular flexibility index (Phi) is 5.72. The number of para-hydroxylation sites is 1. The number of ether oxygens (including phenoxy) is 2. The third kappa shape index (κ3) is 4.54. The van der Waals surface area contributed by atoms with Crippen LogP contribution in [0.2, 0.25) is 5.02 Å². The molecule has 1 atom stereocenters. The maximum atomic E-state index is 12.0. The SMILES string of the molecule is Cc1ccc(Cl)cc1-c1cccc2c1OC(CNC(=O)OCc1ccccc1)C2. The normalized spacial score (nSPS) is 14.8. The van der Waals surface area contributed by atoms with Crippen molar-refractivity contribution in [3.63, 3.8) is 0 Å². The van der Waals surface area contributed by atoms with Crippen LogP contribution >= 0.6 is 11.6 Å². The summed E-state index contributed by atoms with van der Waals surface area (Å²) in [6, 6.07) is 21.6. The molecule has 0 aliphatic carbocycles. The third-order valence-electron chi connectivity index (χ3n) is 5.01. The number of hydrogen-bond donors (Lipinski definition) is 1. The first kappa shape index (κ1) is 19.3. The molecule has 1 aliphatic rings. The first-order chi connectivity index (χ1) is 14.1. The predicted molar refractivity (Wildman–Crippen MR) is 114 cm³/mol. The molecule has 3 aromatic carbocycles. The molecule has 0 saturated carbocycles. The van der Waals surface area contributed by atoms with Gasteiger partial charge in [0.15, 0.2) is 0 Å². The number of carbonyl (C=O) groups excluding carboxylic acids is 1. The molecule has 1 unspecified atom stereocenters. The molecule has 0 radical (unpaired) electrons. The number of hydrogen-bond acceptors (Lipinski definition) is 3. The summed E-state index contributed by atoms with van der Waals surface area (Å²) >= 11 is 6.20. The van der Waals surface area contributed by atoms with Gasteiger partial charge in [-0.1, -0.05) is 66.2 Å². The maximum absolute atomic E-state index is 12.0. The minimum Gasteiger partial charge on any atom is -0.487 e. The number of alkyl carbamates (subject to hydrolysis) is 1. The number of carbonyl (C=O) groups is 1. The lowest BCUT2D eigenvalue weighted by Crippen LogP contribution is -2.34. The fourth-order valence-electron chi connectivity index (χ4n) is 3.52. The largest absolute Gasteiger partial charge is 0.487 e. The molecule has 3 aromatic rings. The summed E-state index contributed by atoms with van der Waals surface area (Å²) in [5.74, 6) is 0.863. The molecule has 1 N–H and O–H groups in total. The maximum Gasteiger partial charge on any atom is 0.407 e. The summed E-state index contributed by atoms with van der Waals surface area (Å²) in [7, 11) is 0. The van der Waals surface area contributed by atoms with Gasteiger partial charge in [0.25, 0.3) is 0 Å². The van der Waals surface area contributed by atoms with E-state index in [1.165, 1.54) is 0 Å². The second kappa shape index (κ2) is 8.58. The van der Waals surface area contributed by atoms with Crippen molar-refractivity contribution in [3.8, 4) is 16.9 Å². The Balaban J connectivity index is 1.38. The van der Waals surface area contributed by atoms with Crippen LogP contribution in [0.25, 0.3) is 11.1 Å². The summed E-state index contributed by atoms with van der Waals surface area (Å²) in [5.41, 5.74) is 5.30. The second-order valence-electron chi connectivity index (χ2n) is 7.14. The van der Waals surface area contributed by atoms with Crippen LogP contribution in [0.3, 0.4) is 0 Å². The van der Waals surface area contributed by atoms with E-state index in [0.717, 1.165) is 40.0 Å². The van der Waals surface area contributed by atoms with Crippen molar-refractivity contribution in [1.82, 2.24) is 5.32 Å². The summed E-state index contributed by atoms with van der Waals surface area (Å²) in [6.45, 7) is 2.69. The van der Waals surface area contributed by atoms with E-state index in [1.54, 1.807) is 0 Å². The number of amides is 1. The van der Waals surface area contributed by atoms with Gasteiger partial charge in [-0.3, -0.25) is 0 Å². The minimum atomic E-state index is -0.445. The topological polar surface area (TPSA) is 47.6 Å². The highest BCUT2D eigenvalue weighted by atomic mass is 35.5. The lowest BCUT2D eigenvalue weighted by molar-refractivity contribution is 0.133. The highest BCUT2D eigenvalue weighted by molar-refractivity contribution is 6.30. The highest BCUT2D eigenvalue weighted by Gasteiger charge is 2.26. The molecule has 4 rings (SSSR count). The van der Waals surface area contributed by atoms with Gasteiger partial charge < -0.3 is 14.8 Å². The van der Waals surface area contributed by atoms with Crippen molar-refractivity contribution in [2.45, 2.75) is 26.1 Å². The van der Waals surface area contributed by atoms with Crippen LogP contribution in [-0.4, -0.2) is 18.7 Å². The quantitative estimate of drug-likeness (QED) is 0.603. The Hall–Kier alpha value is -2.98. The summed E-state index contributed by atoms with van der Waals surface area (Å²) in [4.78, 5) is 12.0. The zero-order valence-electron chi connectivity index (χ0n) is 16.2. The number of rotatable bonds is 5. The molecule has 0 fully saturated rings. The van der Waals surface area contributed by atoms with E-state index in [9.17, 15) is 4.79 Å². The van der Waals surface area contributed by atoms with E-state index in [0.29, 0.717) is 11.6 Å². The summed E-state index contributed by atoms with van der Waals surface area (Å²) in [5, 5.41) is 3.50. The van der Waals surface area contributed by atoms with Crippen molar-refractivity contribution in [2.24, 2.45) is 0 Å². The van der Waals surface area contributed by atoms with Crippen LogP contribution in [-0.2, 0) is 17.8 Å². The Morgan fingerprint density at radius 3 is 2.76 bits per heavy atom. The van der Waals surface area contributed by atoms with Gasteiger partial charge in [-0.15, -0.1) is 0 Å². The van der Waals surface area contributed by atoms with E-state index >= 15 is 0 Å². The molecule has 4 nitrogen and oxygen atoms in total. The van der Waals surface area contributed by atoms with Crippen LogP contribution in [0.4, 0.5) is 4.79 Å². The van der Waals surface area contributed by atoms with Crippen molar-refractivity contribution < 1.29 is 14.3 Å². The monoisotopic (exact) mass is 407 g/mol. The van der Waals surface area contributed by atoms with E-state index in [1.807, 2.05) is 60.7 Å². The molecule has 0 bridgehead atoms. The number of aryl methyl sites for hydroxylation is 1. The van der Waals surface area contributed by atoms with Gasteiger partial charge >= 0.3 is 6.09 Å². The van der Waals surface area contributed by atoms with Gasteiger partial charge in [-0.2, -0.15) is 0 Å². The van der Waals surface area contributed by atoms with Gasteiger partial charge in [0.05, 0.1) is 6.54 Å². The fraction of sp³-hybridized carbons (Fsp3) is 0.208. The summed E-state index contributed by atoms with van der Waals surface area (Å²) < 4.78 is 11.5. The average Bonchev–Trinajstić information content (AvgIpc) is 3.16. The molecule has 0 aromatic heterocycles. The molecule has 1 heterocycles. The minimum absolute atomic E-state index is 0.130. The number of benzene rings is 3. The predicted octanol–water partition coefficient (Wildman–Crippen LogP) is 5.55. The van der Waals surface area contributed by atoms with Crippen LogP contribution in [0.5, 0.6) is 5.75 Å². The highest BCUT2D eigenvalue weighted by Crippen LogP contribution is 2.40. The Labute approximate surface area is 175 Å². The van der Waals surface area contributed by atoms with Gasteiger partial charge in [0.2, 0.25) is 0 Å². The van der Waals surface area contributed by atoms with E-state index in [-0.39, 0.29) is 12.7 Å². The lowest BCUT2D eigenvalue weighted by Gasteiger charge is -2.15. The lowest BCUT2D eigenvalue weighted by atomic mass is 9.97. The van der Waals surface area contributed by atoms with Crippen LogP contribution < -0.4 is 10.1 Å². The number of nitrogens with one attached hydrogen (secondary N) is 1. The van der Waals surface area contributed by atoms with Crippen molar-refractivity contribution >= 4 is 17.7 Å². The van der Waals surface area contributed by atoms with Crippen LogP contribution in [0.15, 0.2) is 66.7 Å². The van der Waals surface area contributed by atoms with Crippen LogP contribution in [0, 0.1) is 6.92 Å². The zero-order valence-corrected chi connectivity index (χ0v) is 16.9. The molecule has 1 aliphatic heterocycles. The fourth-order valence-corrected chi connectivity index (χ4v) is 3.69. The molecule has 5 heteroatoms. The molecule has 1 amide bonds.